The number of aromatic nitrogens is 7. The predicted molar refractivity (Wildman–Crippen MR) is 112 cm³/mol. The highest BCUT2D eigenvalue weighted by atomic mass is 19.1. The average Bonchev–Trinajstić information content (AvgIpc) is 3.42. The van der Waals surface area contributed by atoms with Crippen LogP contribution in [0, 0.1) is 11.6 Å². The van der Waals surface area contributed by atoms with Crippen LogP contribution < -0.4 is 4.74 Å². The lowest BCUT2D eigenvalue weighted by Gasteiger charge is -2.07. The van der Waals surface area contributed by atoms with Gasteiger partial charge in [0.15, 0.2) is 11.6 Å². The van der Waals surface area contributed by atoms with Crippen molar-refractivity contribution < 1.29 is 13.5 Å². The number of rotatable bonds is 6. The maximum atomic E-state index is 14.8. The Bertz CT molecular complexity index is 1410. The molecule has 5 rings (SSSR count). The summed E-state index contributed by atoms with van der Waals surface area (Å²) in [6.07, 6.45) is 2.88. The van der Waals surface area contributed by atoms with Crippen LogP contribution in [0.4, 0.5) is 8.78 Å². The van der Waals surface area contributed by atoms with E-state index in [2.05, 4.69) is 25.4 Å². The Balaban J connectivity index is 1.69. The first kappa shape index (κ1) is 19.7. The van der Waals surface area contributed by atoms with Crippen molar-refractivity contribution in [1.82, 2.24) is 34.6 Å². The molecule has 10 heteroatoms. The molecule has 0 amide bonds. The first-order valence-corrected chi connectivity index (χ1v) is 9.91. The van der Waals surface area contributed by atoms with E-state index in [9.17, 15) is 8.78 Å². The minimum absolute atomic E-state index is 0.0645. The van der Waals surface area contributed by atoms with Gasteiger partial charge < -0.3 is 4.74 Å². The lowest BCUT2D eigenvalue weighted by Crippen LogP contribution is -2.08. The van der Waals surface area contributed by atoms with Gasteiger partial charge in [0, 0.05) is 12.1 Å². The highest BCUT2D eigenvalue weighted by molar-refractivity contribution is 5.85. The van der Waals surface area contributed by atoms with Crippen molar-refractivity contribution in [3.63, 3.8) is 0 Å². The van der Waals surface area contributed by atoms with Gasteiger partial charge in [0.05, 0.1) is 17.3 Å². The number of fused-ring (bicyclic) bond motifs is 1. The van der Waals surface area contributed by atoms with Gasteiger partial charge in [-0.25, -0.2) is 23.0 Å². The number of aryl methyl sites for hydroxylation is 1. The van der Waals surface area contributed by atoms with E-state index in [1.807, 2.05) is 6.92 Å². The van der Waals surface area contributed by atoms with Crippen LogP contribution in [-0.2, 0) is 13.2 Å². The van der Waals surface area contributed by atoms with Gasteiger partial charge in [-0.05, 0) is 25.1 Å². The Morgan fingerprint density at radius 3 is 2.41 bits per heavy atom. The SMILES string of the molecule is CCn1ncnc1COc1nn2c(-c3ccccc3F)nncc2c1-c1ccccc1F. The van der Waals surface area contributed by atoms with Gasteiger partial charge in [0.2, 0.25) is 5.88 Å². The molecule has 0 saturated carbocycles. The second-order valence-electron chi connectivity index (χ2n) is 6.89. The van der Waals surface area contributed by atoms with Crippen molar-refractivity contribution in [2.45, 2.75) is 20.1 Å². The monoisotopic (exact) mass is 433 g/mol. The molecular weight excluding hydrogens is 416 g/mol. The third kappa shape index (κ3) is 3.35. The normalized spacial score (nSPS) is 11.2. The number of benzene rings is 2. The van der Waals surface area contributed by atoms with Gasteiger partial charge in [0.1, 0.15) is 30.1 Å². The quantitative estimate of drug-likeness (QED) is 0.404. The standard InChI is InChI=1S/C22H17F2N7O/c1-2-30-19(25-13-27-30)12-32-22-20(14-7-3-5-9-16(14)23)18-11-26-28-21(31(18)29-22)15-8-4-6-10-17(15)24/h3-11,13H,2,12H2,1H3. The van der Waals surface area contributed by atoms with Crippen LogP contribution in [-0.4, -0.2) is 34.6 Å². The molecule has 160 valence electrons. The highest BCUT2D eigenvalue weighted by Crippen LogP contribution is 2.37. The summed E-state index contributed by atoms with van der Waals surface area (Å²) in [5.41, 5.74) is 1.31. The zero-order valence-electron chi connectivity index (χ0n) is 17.0. The molecule has 0 N–H and O–H groups in total. The molecule has 0 aliphatic carbocycles. The zero-order valence-corrected chi connectivity index (χ0v) is 17.0. The number of ether oxygens (including phenoxy) is 1. The first-order chi connectivity index (χ1) is 15.7. The molecule has 2 aromatic carbocycles. The summed E-state index contributed by atoms with van der Waals surface area (Å²) in [4.78, 5) is 4.20. The molecule has 0 unspecified atom stereocenters. The predicted octanol–water partition coefficient (Wildman–Crippen LogP) is 3.93. The molecule has 0 aliphatic rings. The maximum Gasteiger partial charge on any atom is 0.242 e. The van der Waals surface area contributed by atoms with Crippen LogP contribution in [0.3, 0.4) is 0 Å². The Labute approximate surface area is 181 Å². The summed E-state index contributed by atoms with van der Waals surface area (Å²) in [5, 5.41) is 16.7. The molecular formula is C22H17F2N7O. The van der Waals surface area contributed by atoms with E-state index in [4.69, 9.17) is 4.74 Å². The van der Waals surface area contributed by atoms with E-state index in [1.165, 1.54) is 29.2 Å². The molecule has 3 aromatic heterocycles. The Morgan fingerprint density at radius 2 is 1.69 bits per heavy atom. The summed E-state index contributed by atoms with van der Waals surface area (Å²) >= 11 is 0. The van der Waals surface area contributed by atoms with Crippen molar-refractivity contribution in [3.8, 4) is 28.4 Å². The van der Waals surface area contributed by atoms with Crippen LogP contribution in [0.5, 0.6) is 5.88 Å². The molecule has 0 radical (unpaired) electrons. The van der Waals surface area contributed by atoms with Crippen molar-refractivity contribution in [2.24, 2.45) is 0 Å². The van der Waals surface area contributed by atoms with E-state index in [-0.39, 0.29) is 29.4 Å². The number of hydrogen-bond donors (Lipinski definition) is 0. The van der Waals surface area contributed by atoms with Gasteiger partial charge in [-0.2, -0.15) is 10.2 Å². The van der Waals surface area contributed by atoms with Gasteiger partial charge in [-0.3, -0.25) is 0 Å². The van der Waals surface area contributed by atoms with Gasteiger partial charge >= 0.3 is 0 Å². The number of nitrogens with zero attached hydrogens (tertiary/aromatic N) is 7. The lowest BCUT2D eigenvalue weighted by atomic mass is 10.1. The topological polar surface area (TPSA) is 83.0 Å². The Hall–Kier alpha value is -4.21. The molecule has 32 heavy (non-hydrogen) atoms. The van der Waals surface area contributed by atoms with Crippen LogP contribution in [0.15, 0.2) is 61.1 Å². The van der Waals surface area contributed by atoms with Gasteiger partial charge in [-0.15, -0.1) is 10.2 Å². The summed E-state index contributed by atoms with van der Waals surface area (Å²) in [7, 11) is 0. The summed E-state index contributed by atoms with van der Waals surface area (Å²) in [6.45, 7) is 2.62. The maximum absolute atomic E-state index is 14.8. The minimum Gasteiger partial charge on any atom is -0.468 e. The van der Waals surface area contributed by atoms with Crippen LogP contribution in [0.2, 0.25) is 0 Å². The molecule has 0 atom stereocenters. The third-order valence-corrected chi connectivity index (χ3v) is 5.01. The minimum atomic E-state index is -0.476. The molecule has 8 nitrogen and oxygen atoms in total. The van der Waals surface area contributed by atoms with E-state index >= 15 is 0 Å². The molecule has 0 bridgehead atoms. The second-order valence-corrected chi connectivity index (χ2v) is 6.89. The van der Waals surface area contributed by atoms with E-state index in [1.54, 1.807) is 41.1 Å². The van der Waals surface area contributed by atoms with Crippen LogP contribution in [0.25, 0.3) is 28.0 Å². The molecule has 0 fully saturated rings. The smallest absolute Gasteiger partial charge is 0.242 e. The fraction of sp³-hybridized carbons (Fsp3) is 0.136. The van der Waals surface area contributed by atoms with Crippen molar-refractivity contribution in [2.75, 3.05) is 0 Å². The van der Waals surface area contributed by atoms with E-state index in [0.717, 1.165) is 0 Å². The summed E-state index contributed by atoms with van der Waals surface area (Å²) in [6, 6.07) is 12.5. The van der Waals surface area contributed by atoms with Gasteiger partial charge in [0.25, 0.3) is 0 Å². The molecule has 3 heterocycles. The van der Waals surface area contributed by atoms with E-state index < -0.39 is 11.6 Å². The summed E-state index contributed by atoms with van der Waals surface area (Å²) < 4.78 is 38.3. The lowest BCUT2D eigenvalue weighted by molar-refractivity contribution is 0.276. The number of hydrogen-bond acceptors (Lipinski definition) is 6. The largest absolute Gasteiger partial charge is 0.468 e. The first-order valence-electron chi connectivity index (χ1n) is 9.91. The molecule has 0 aliphatic heterocycles. The van der Waals surface area contributed by atoms with Crippen molar-refractivity contribution >= 4 is 5.52 Å². The van der Waals surface area contributed by atoms with Crippen molar-refractivity contribution in [1.29, 1.82) is 0 Å². The molecule has 0 spiro atoms. The second kappa shape index (κ2) is 8.14. The Morgan fingerprint density at radius 1 is 0.969 bits per heavy atom. The van der Waals surface area contributed by atoms with Crippen molar-refractivity contribution in [3.05, 3.63) is 78.5 Å². The van der Waals surface area contributed by atoms with Crippen LogP contribution >= 0.6 is 0 Å². The van der Waals surface area contributed by atoms with Crippen LogP contribution in [0.1, 0.15) is 12.7 Å². The van der Waals surface area contributed by atoms with Gasteiger partial charge in [-0.1, -0.05) is 30.3 Å². The fourth-order valence-electron chi connectivity index (χ4n) is 3.50. The molecule has 5 aromatic rings. The third-order valence-electron chi connectivity index (χ3n) is 5.01. The zero-order chi connectivity index (χ0) is 22.1. The molecule has 0 saturated heterocycles. The number of halogens is 2. The van der Waals surface area contributed by atoms with E-state index in [0.29, 0.717) is 23.4 Å². The summed E-state index contributed by atoms with van der Waals surface area (Å²) in [5.74, 6) is -0.0171. The highest BCUT2D eigenvalue weighted by Gasteiger charge is 2.23. The fourth-order valence-corrected chi connectivity index (χ4v) is 3.50. The Kier molecular flexibility index (Phi) is 5.02. The average molecular weight is 433 g/mol.